The zero-order valence-corrected chi connectivity index (χ0v) is 26.0. The molecule has 1 aromatic carbocycles. The minimum absolute atomic E-state index is 0.306. The fourth-order valence-electron chi connectivity index (χ4n) is 6.47. The van der Waals surface area contributed by atoms with Crippen molar-refractivity contribution in [2.75, 3.05) is 0 Å². The van der Waals surface area contributed by atoms with Gasteiger partial charge in [0.25, 0.3) is 0 Å². The quantitative estimate of drug-likeness (QED) is 0.201. The van der Waals surface area contributed by atoms with Gasteiger partial charge in [0.1, 0.15) is 5.82 Å². The van der Waals surface area contributed by atoms with Crippen LogP contribution in [0.2, 0.25) is 0 Å². The molecule has 0 saturated heterocycles. The van der Waals surface area contributed by atoms with Crippen LogP contribution in [0.3, 0.4) is 0 Å². The lowest BCUT2D eigenvalue weighted by molar-refractivity contribution is 0.628. The summed E-state index contributed by atoms with van der Waals surface area (Å²) in [5, 5.41) is 0. The lowest BCUT2D eigenvalue weighted by Gasteiger charge is -2.06. The number of hydrogen-bond acceptors (Lipinski definition) is 5. The van der Waals surface area contributed by atoms with Gasteiger partial charge in [0.2, 0.25) is 0 Å². The number of benzene rings is 1. The number of hydrogen-bond donors (Lipinski definition) is 2. The van der Waals surface area contributed by atoms with Crippen molar-refractivity contribution in [3.8, 4) is 44.9 Å². The molecule has 0 fully saturated rings. The first kappa shape index (κ1) is 28.4. The van der Waals surface area contributed by atoms with Gasteiger partial charge in [0.05, 0.1) is 56.4 Å². The van der Waals surface area contributed by atoms with Gasteiger partial charge in [-0.3, -0.25) is 15.0 Å². The highest BCUT2D eigenvalue weighted by molar-refractivity contribution is 5.98. The Bertz CT molecular complexity index is 2550. The van der Waals surface area contributed by atoms with Crippen LogP contribution < -0.4 is 0 Å². The molecule has 8 heterocycles. The second-order valence-corrected chi connectivity index (χ2v) is 11.7. The summed E-state index contributed by atoms with van der Waals surface area (Å²) >= 11 is 0. The summed E-state index contributed by atoms with van der Waals surface area (Å²) < 4.78 is 14.2. The molecule has 0 atom stereocenters. The maximum absolute atomic E-state index is 14.2. The lowest BCUT2D eigenvalue weighted by atomic mass is 10.0. The van der Waals surface area contributed by atoms with E-state index in [1.165, 1.54) is 12.1 Å². The fourth-order valence-corrected chi connectivity index (χ4v) is 6.47. The lowest BCUT2D eigenvalue weighted by Crippen LogP contribution is -1.91. The number of H-pyrrole nitrogens is 2. The van der Waals surface area contributed by atoms with E-state index in [2.05, 4.69) is 16.0 Å². The van der Waals surface area contributed by atoms with Gasteiger partial charge in [0.15, 0.2) is 0 Å². The molecule has 8 bridgehead atoms. The number of aromatic amines is 2. The average molecular weight is 636 g/mol. The molecule has 0 spiro atoms. The first-order valence-corrected chi connectivity index (χ1v) is 15.9. The molecule has 2 N–H and O–H groups in total. The third kappa shape index (κ3) is 5.12. The number of nitrogens with one attached hydrogen (secondary N) is 2. The van der Waals surface area contributed by atoms with Crippen molar-refractivity contribution in [2.45, 2.75) is 0 Å². The maximum Gasteiger partial charge on any atom is 0.123 e. The Kier molecular flexibility index (Phi) is 6.83. The number of pyridine rings is 3. The second-order valence-electron chi connectivity index (χ2n) is 11.7. The molecule has 6 aromatic heterocycles. The summed E-state index contributed by atoms with van der Waals surface area (Å²) in [4.78, 5) is 32.0. The van der Waals surface area contributed by atoms with Crippen LogP contribution in [0.5, 0.6) is 0 Å². The summed E-state index contributed by atoms with van der Waals surface area (Å²) in [7, 11) is 0. The van der Waals surface area contributed by atoms with Crippen LogP contribution >= 0.6 is 0 Å². The molecule has 232 valence electrons. The van der Waals surface area contributed by atoms with Gasteiger partial charge in [-0.25, -0.2) is 14.4 Å². The van der Waals surface area contributed by atoms with E-state index in [-0.39, 0.29) is 5.82 Å². The summed E-state index contributed by atoms with van der Waals surface area (Å²) in [5.74, 6) is -0.306. The van der Waals surface area contributed by atoms with Crippen LogP contribution in [-0.2, 0) is 0 Å². The number of nitrogens with zero attached hydrogens (tertiary/aromatic N) is 5. The SMILES string of the molecule is Fc1ccc(-c2c3nc(c(-c4ccccn4)c4ccc([nH]4)c(-c4ccccn4)c4nc(c(-c5ccccn5)c5ccc2[nH]5)C=C4)C=C3)cc1. The average Bonchev–Trinajstić information content (AvgIpc) is 3.98. The van der Waals surface area contributed by atoms with Crippen LogP contribution in [0.1, 0.15) is 22.8 Å². The van der Waals surface area contributed by atoms with E-state index in [0.717, 1.165) is 89.7 Å². The minimum atomic E-state index is -0.306. The first-order chi connectivity index (χ1) is 24.2. The van der Waals surface area contributed by atoms with Crippen molar-refractivity contribution in [3.63, 3.8) is 0 Å². The number of rotatable bonds is 4. The summed E-state index contributed by atoms with van der Waals surface area (Å²) in [6, 6.07) is 32.2. The Morgan fingerprint density at radius 3 is 1.12 bits per heavy atom. The third-order valence-corrected chi connectivity index (χ3v) is 8.65. The molecule has 0 saturated carbocycles. The zero-order chi connectivity index (χ0) is 32.7. The van der Waals surface area contributed by atoms with Gasteiger partial charge >= 0.3 is 0 Å². The van der Waals surface area contributed by atoms with E-state index in [1.807, 2.05) is 97.1 Å². The van der Waals surface area contributed by atoms with Crippen LogP contribution in [0.15, 0.2) is 122 Å². The zero-order valence-electron chi connectivity index (χ0n) is 26.0. The van der Waals surface area contributed by atoms with E-state index >= 15 is 0 Å². The fraction of sp³-hybridized carbons (Fsp3) is 0. The van der Waals surface area contributed by atoms with E-state index in [4.69, 9.17) is 24.9 Å². The van der Waals surface area contributed by atoms with Crippen molar-refractivity contribution in [3.05, 3.63) is 150 Å². The second kappa shape index (κ2) is 11.8. The van der Waals surface area contributed by atoms with Gasteiger partial charge < -0.3 is 9.97 Å². The molecule has 0 radical (unpaired) electrons. The van der Waals surface area contributed by atoms with Crippen molar-refractivity contribution in [1.82, 2.24) is 34.9 Å². The molecule has 7 aromatic rings. The van der Waals surface area contributed by atoms with Crippen LogP contribution in [-0.4, -0.2) is 34.9 Å². The normalized spacial score (nSPS) is 12.0. The largest absolute Gasteiger partial charge is 0.354 e. The van der Waals surface area contributed by atoms with Crippen molar-refractivity contribution in [2.24, 2.45) is 0 Å². The molecular formula is C41H26FN7. The van der Waals surface area contributed by atoms with Crippen molar-refractivity contribution >= 4 is 46.4 Å². The summed E-state index contributed by atoms with van der Waals surface area (Å²) in [6.07, 6.45) is 13.4. The predicted octanol–water partition coefficient (Wildman–Crippen LogP) is 9.65. The smallest absolute Gasteiger partial charge is 0.123 e. The Morgan fingerprint density at radius 2 is 0.755 bits per heavy atom. The van der Waals surface area contributed by atoms with Crippen molar-refractivity contribution in [1.29, 1.82) is 0 Å². The maximum atomic E-state index is 14.2. The molecule has 0 aliphatic carbocycles. The monoisotopic (exact) mass is 635 g/mol. The van der Waals surface area contributed by atoms with Gasteiger partial charge in [-0.15, -0.1) is 0 Å². The Morgan fingerprint density at radius 1 is 0.388 bits per heavy atom. The molecule has 2 aliphatic heterocycles. The topological polar surface area (TPSA) is 96.0 Å². The Labute approximate surface area is 280 Å². The van der Waals surface area contributed by atoms with Crippen LogP contribution in [0.4, 0.5) is 4.39 Å². The van der Waals surface area contributed by atoms with E-state index < -0.39 is 0 Å². The molecule has 0 amide bonds. The highest BCUT2D eigenvalue weighted by Crippen LogP contribution is 2.37. The van der Waals surface area contributed by atoms with Crippen LogP contribution in [0.25, 0.3) is 91.3 Å². The Hall–Kier alpha value is -6.80. The third-order valence-electron chi connectivity index (χ3n) is 8.65. The highest BCUT2D eigenvalue weighted by Gasteiger charge is 2.19. The van der Waals surface area contributed by atoms with Crippen LogP contribution in [0, 0.1) is 5.82 Å². The standard InChI is InChI=1S/C41H26FN7/c42-26-12-10-25(11-13-26)38-30-14-16-32(46-30)39(27-7-1-4-22-43-27)34-18-20-36(48-34)41(29-9-3-6-24-45-29)37-21-19-35(49-37)40(28-8-2-5-23-44-28)33-17-15-31(38)47-33/h1-24,46,49H. The summed E-state index contributed by atoms with van der Waals surface area (Å²) in [5.41, 5.74) is 12.9. The highest BCUT2D eigenvalue weighted by atomic mass is 19.1. The first-order valence-electron chi connectivity index (χ1n) is 15.9. The van der Waals surface area contributed by atoms with Crippen molar-refractivity contribution < 1.29 is 4.39 Å². The van der Waals surface area contributed by atoms with Gasteiger partial charge in [-0.2, -0.15) is 0 Å². The van der Waals surface area contributed by atoms with E-state index in [0.29, 0.717) is 0 Å². The molecule has 0 unspecified atom stereocenters. The number of aromatic nitrogens is 7. The minimum Gasteiger partial charge on any atom is -0.354 e. The molecule has 8 heteroatoms. The molecule has 7 nitrogen and oxygen atoms in total. The van der Waals surface area contributed by atoms with Gasteiger partial charge in [-0.1, -0.05) is 30.3 Å². The van der Waals surface area contributed by atoms with Gasteiger partial charge in [0, 0.05) is 46.4 Å². The number of fused-ring (bicyclic) bond motifs is 8. The Balaban J connectivity index is 1.48. The summed E-state index contributed by atoms with van der Waals surface area (Å²) in [6.45, 7) is 0. The van der Waals surface area contributed by atoms with E-state index in [1.54, 1.807) is 30.7 Å². The van der Waals surface area contributed by atoms with E-state index in [9.17, 15) is 4.39 Å². The predicted molar refractivity (Wildman–Crippen MR) is 194 cm³/mol. The molecular weight excluding hydrogens is 609 g/mol. The molecule has 49 heavy (non-hydrogen) atoms. The molecule has 2 aliphatic rings. The van der Waals surface area contributed by atoms with Gasteiger partial charge in [-0.05, 0) is 103 Å². The number of halogens is 1. The molecule has 9 rings (SSSR count).